The van der Waals surface area contributed by atoms with Gasteiger partial charge >= 0.3 is 0 Å². The van der Waals surface area contributed by atoms with Gasteiger partial charge in [-0.15, -0.1) is 0 Å². The minimum atomic E-state index is -0.502. The largest absolute Gasteiger partial charge is 0.490 e. The molecule has 0 aliphatic carbocycles. The van der Waals surface area contributed by atoms with E-state index in [1.54, 1.807) is 36.4 Å². The number of ether oxygens (including phenoxy) is 2. The van der Waals surface area contributed by atoms with Crippen LogP contribution in [0.2, 0.25) is 0 Å². The molecule has 0 fully saturated rings. The predicted octanol–water partition coefficient (Wildman–Crippen LogP) is 3.35. The molecule has 2 rings (SSSR count). The highest BCUT2D eigenvalue weighted by molar-refractivity contribution is 6.03. The molecule has 0 heterocycles. The third-order valence-corrected chi connectivity index (χ3v) is 3.51. The maximum absolute atomic E-state index is 11.8. The Kier molecular flexibility index (Phi) is 8.52. The van der Waals surface area contributed by atoms with Crippen LogP contribution in [0, 0.1) is 0 Å². The van der Waals surface area contributed by atoms with E-state index in [1.807, 2.05) is 26.0 Å². The van der Waals surface area contributed by atoms with Crippen molar-refractivity contribution in [3.8, 4) is 11.5 Å². The molecule has 0 unspecified atom stereocenters. The van der Waals surface area contributed by atoms with E-state index in [0.717, 1.165) is 12.0 Å². The lowest BCUT2D eigenvalue weighted by Crippen LogP contribution is -2.24. The molecule has 0 atom stereocenters. The van der Waals surface area contributed by atoms with E-state index in [-0.39, 0.29) is 6.42 Å². The second kappa shape index (κ2) is 11.4. The normalized spacial score (nSPS) is 10.5. The first kappa shape index (κ1) is 21.0. The fourth-order valence-corrected chi connectivity index (χ4v) is 2.30. The van der Waals surface area contributed by atoms with Crippen LogP contribution in [0.1, 0.15) is 32.3 Å². The fourth-order valence-electron chi connectivity index (χ4n) is 2.30. The van der Waals surface area contributed by atoms with Gasteiger partial charge in [0.05, 0.1) is 19.4 Å². The molecule has 0 saturated heterocycles. The van der Waals surface area contributed by atoms with Gasteiger partial charge in [0.15, 0.2) is 11.5 Å². The SMILES string of the molecule is CCCOc1ccc(C=NNC(=O)CC(=O)Nc2ccccc2)cc1OCC. The maximum Gasteiger partial charge on any atom is 0.249 e. The van der Waals surface area contributed by atoms with E-state index in [0.29, 0.717) is 30.4 Å². The molecule has 0 radical (unpaired) electrons. The Morgan fingerprint density at radius 2 is 1.79 bits per heavy atom. The van der Waals surface area contributed by atoms with Crippen LogP contribution < -0.4 is 20.2 Å². The Morgan fingerprint density at radius 1 is 1.00 bits per heavy atom. The van der Waals surface area contributed by atoms with Crippen molar-refractivity contribution in [3.05, 3.63) is 54.1 Å². The molecule has 148 valence electrons. The summed E-state index contributed by atoms with van der Waals surface area (Å²) in [6, 6.07) is 14.3. The first-order chi connectivity index (χ1) is 13.6. The number of hydrazone groups is 1. The molecule has 2 aromatic rings. The summed E-state index contributed by atoms with van der Waals surface area (Å²) in [6.07, 6.45) is 2.07. The van der Waals surface area contributed by atoms with Gasteiger partial charge in [-0.1, -0.05) is 25.1 Å². The van der Waals surface area contributed by atoms with Crippen molar-refractivity contribution >= 4 is 23.7 Å². The second-order valence-corrected chi connectivity index (χ2v) is 5.87. The van der Waals surface area contributed by atoms with Crippen LogP contribution in [-0.4, -0.2) is 31.2 Å². The van der Waals surface area contributed by atoms with Crippen LogP contribution >= 0.6 is 0 Å². The molecule has 28 heavy (non-hydrogen) atoms. The van der Waals surface area contributed by atoms with Crippen molar-refractivity contribution < 1.29 is 19.1 Å². The van der Waals surface area contributed by atoms with E-state index in [2.05, 4.69) is 15.8 Å². The molecule has 0 aliphatic heterocycles. The lowest BCUT2D eigenvalue weighted by molar-refractivity contribution is -0.126. The minimum absolute atomic E-state index is 0.319. The molecule has 0 aliphatic rings. The number of benzene rings is 2. The van der Waals surface area contributed by atoms with Crippen LogP contribution in [0.5, 0.6) is 11.5 Å². The van der Waals surface area contributed by atoms with Crippen LogP contribution in [0.3, 0.4) is 0 Å². The monoisotopic (exact) mass is 383 g/mol. The average Bonchev–Trinajstić information content (AvgIpc) is 2.68. The molecular formula is C21H25N3O4. The van der Waals surface area contributed by atoms with E-state index < -0.39 is 11.8 Å². The van der Waals surface area contributed by atoms with Crippen LogP contribution in [-0.2, 0) is 9.59 Å². The summed E-state index contributed by atoms with van der Waals surface area (Å²) in [4.78, 5) is 23.7. The van der Waals surface area contributed by atoms with Gasteiger partial charge in [-0.05, 0) is 49.2 Å². The van der Waals surface area contributed by atoms with Crippen molar-refractivity contribution in [2.45, 2.75) is 26.7 Å². The molecule has 0 spiro atoms. The van der Waals surface area contributed by atoms with E-state index in [1.165, 1.54) is 6.21 Å². The highest BCUT2D eigenvalue weighted by Gasteiger charge is 2.09. The number of nitrogens with zero attached hydrogens (tertiary/aromatic N) is 1. The smallest absolute Gasteiger partial charge is 0.249 e. The minimum Gasteiger partial charge on any atom is -0.490 e. The molecular weight excluding hydrogens is 358 g/mol. The fraction of sp³-hybridized carbons (Fsp3) is 0.286. The number of rotatable bonds is 10. The van der Waals surface area contributed by atoms with E-state index >= 15 is 0 Å². The lowest BCUT2D eigenvalue weighted by atomic mass is 10.2. The van der Waals surface area contributed by atoms with Gasteiger partial charge in [-0.2, -0.15) is 5.10 Å². The predicted molar refractivity (Wildman–Crippen MR) is 109 cm³/mol. The van der Waals surface area contributed by atoms with Crippen LogP contribution in [0.15, 0.2) is 53.6 Å². The Balaban J connectivity index is 1.87. The van der Waals surface area contributed by atoms with Gasteiger partial charge in [0.2, 0.25) is 11.8 Å². The van der Waals surface area contributed by atoms with Crippen molar-refractivity contribution in [1.29, 1.82) is 0 Å². The Bertz CT molecular complexity index is 807. The highest BCUT2D eigenvalue weighted by atomic mass is 16.5. The zero-order chi connectivity index (χ0) is 20.2. The van der Waals surface area contributed by atoms with Gasteiger partial charge in [-0.3, -0.25) is 9.59 Å². The Hall–Kier alpha value is -3.35. The summed E-state index contributed by atoms with van der Waals surface area (Å²) in [6.45, 7) is 5.04. The summed E-state index contributed by atoms with van der Waals surface area (Å²) < 4.78 is 11.2. The quantitative estimate of drug-likeness (QED) is 0.374. The molecule has 0 bridgehead atoms. The van der Waals surface area contributed by atoms with Crippen molar-refractivity contribution in [2.24, 2.45) is 5.10 Å². The topological polar surface area (TPSA) is 89.0 Å². The third kappa shape index (κ3) is 7.11. The first-order valence-electron chi connectivity index (χ1n) is 9.18. The van der Waals surface area contributed by atoms with Gasteiger partial charge in [-0.25, -0.2) is 5.43 Å². The zero-order valence-corrected chi connectivity index (χ0v) is 16.1. The number of nitrogens with one attached hydrogen (secondary N) is 2. The van der Waals surface area contributed by atoms with Crippen LogP contribution in [0.25, 0.3) is 0 Å². The number of para-hydroxylation sites is 1. The van der Waals surface area contributed by atoms with Crippen LogP contribution in [0.4, 0.5) is 5.69 Å². The second-order valence-electron chi connectivity index (χ2n) is 5.87. The summed E-state index contributed by atoms with van der Waals surface area (Å²) >= 11 is 0. The summed E-state index contributed by atoms with van der Waals surface area (Å²) in [7, 11) is 0. The van der Waals surface area contributed by atoms with Gasteiger partial charge < -0.3 is 14.8 Å². The number of amides is 2. The number of carbonyl (C=O) groups is 2. The molecule has 7 nitrogen and oxygen atoms in total. The Morgan fingerprint density at radius 3 is 2.50 bits per heavy atom. The van der Waals surface area contributed by atoms with Crippen molar-refractivity contribution in [2.75, 3.05) is 18.5 Å². The zero-order valence-electron chi connectivity index (χ0n) is 16.1. The molecule has 2 N–H and O–H groups in total. The summed E-state index contributed by atoms with van der Waals surface area (Å²) in [5.41, 5.74) is 3.72. The standard InChI is InChI=1S/C21H25N3O4/c1-3-12-28-18-11-10-16(13-19(18)27-4-2)15-22-24-21(26)14-20(25)23-17-8-6-5-7-9-17/h5-11,13,15H,3-4,12,14H2,1-2H3,(H,23,25)(H,24,26). The van der Waals surface area contributed by atoms with Gasteiger partial charge in [0, 0.05) is 5.69 Å². The molecule has 2 amide bonds. The van der Waals surface area contributed by atoms with Crippen molar-refractivity contribution in [1.82, 2.24) is 5.43 Å². The molecule has 0 aromatic heterocycles. The summed E-state index contributed by atoms with van der Waals surface area (Å²) in [5, 5.41) is 6.54. The van der Waals surface area contributed by atoms with E-state index in [4.69, 9.17) is 9.47 Å². The number of hydrogen-bond acceptors (Lipinski definition) is 5. The highest BCUT2D eigenvalue weighted by Crippen LogP contribution is 2.28. The molecule has 7 heteroatoms. The number of carbonyl (C=O) groups excluding carboxylic acids is 2. The maximum atomic E-state index is 11.8. The third-order valence-electron chi connectivity index (χ3n) is 3.51. The molecule has 2 aromatic carbocycles. The number of hydrogen-bond donors (Lipinski definition) is 2. The number of anilines is 1. The lowest BCUT2D eigenvalue weighted by Gasteiger charge is -2.11. The van der Waals surface area contributed by atoms with Crippen molar-refractivity contribution in [3.63, 3.8) is 0 Å². The average molecular weight is 383 g/mol. The molecule has 0 saturated carbocycles. The summed E-state index contributed by atoms with van der Waals surface area (Å²) in [5.74, 6) is 0.378. The van der Waals surface area contributed by atoms with Gasteiger partial charge in [0.25, 0.3) is 0 Å². The Labute approximate surface area is 164 Å². The first-order valence-corrected chi connectivity index (χ1v) is 9.18. The van der Waals surface area contributed by atoms with Gasteiger partial charge in [0.1, 0.15) is 6.42 Å². The van der Waals surface area contributed by atoms with E-state index in [9.17, 15) is 9.59 Å².